The van der Waals surface area contributed by atoms with Crippen LogP contribution < -0.4 is 10.2 Å². The lowest BCUT2D eigenvalue weighted by Crippen LogP contribution is -2.61. The molecule has 1 unspecified atom stereocenters. The highest BCUT2D eigenvalue weighted by Gasteiger charge is 2.51. The van der Waals surface area contributed by atoms with Crippen LogP contribution in [0, 0.1) is 23.7 Å². The summed E-state index contributed by atoms with van der Waals surface area (Å²) in [7, 11) is 0. The summed E-state index contributed by atoms with van der Waals surface area (Å²) < 4.78 is 0. The first-order valence-electron chi connectivity index (χ1n) is 10.0. The largest absolute Gasteiger partial charge is 0.350 e. The molecule has 1 aliphatic heterocycles. The molecule has 1 N–H and O–H groups in total. The zero-order chi connectivity index (χ0) is 16.9. The number of hydrogen-bond donors (Lipinski definition) is 1. The molecule has 1 atom stereocenters. The molecule has 2 heterocycles. The van der Waals surface area contributed by atoms with Crippen molar-refractivity contribution in [2.24, 2.45) is 23.7 Å². The van der Waals surface area contributed by atoms with Crippen LogP contribution in [0.1, 0.15) is 51.4 Å². The average Bonchev–Trinajstić information content (AvgIpc) is 2.61. The molecule has 1 amide bonds. The molecule has 1 saturated heterocycles. The van der Waals surface area contributed by atoms with Crippen molar-refractivity contribution >= 4 is 11.9 Å². The van der Waals surface area contributed by atoms with Crippen molar-refractivity contribution in [3.05, 3.63) is 18.5 Å². The molecule has 4 bridgehead atoms. The van der Waals surface area contributed by atoms with Gasteiger partial charge in [-0.15, -0.1) is 0 Å². The SMILES string of the molecule is O=C(NC12CC3CC(CC(C3)C1)C2)C1CCCN(c2ncccn2)C1. The number of nitrogens with one attached hydrogen (secondary N) is 1. The second-order valence-electron chi connectivity index (χ2n) is 9.02. The molecule has 0 radical (unpaired) electrons. The van der Waals surface area contributed by atoms with Gasteiger partial charge in [0.05, 0.1) is 5.92 Å². The van der Waals surface area contributed by atoms with Crippen LogP contribution in [0.5, 0.6) is 0 Å². The maximum atomic E-state index is 13.1. The van der Waals surface area contributed by atoms with Crippen molar-refractivity contribution in [2.75, 3.05) is 18.0 Å². The summed E-state index contributed by atoms with van der Waals surface area (Å²) in [5.41, 5.74) is 0.122. The number of carbonyl (C=O) groups is 1. The Kier molecular flexibility index (Phi) is 3.72. The van der Waals surface area contributed by atoms with E-state index in [0.29, 0.717) is 0 Å². The smallest absolute Gasteiger partial charge is 0.225 e. The van der Waals surface area contributed by atoms with Crippen LogP contribution in [0.2, 0.25) is 0 Å². The van der Waals surface area contributed by atoms with Gasteiger partial charge in [-0.05, 0) is 75.2 Å². The van der Waals surface area contributed by atoms with Crippen LogP contribution in [0.15, 0.2) is 18.5 Å². The molecule has 5 fully saturated rings. The van der Waals surface area contributed by atoms with Gasteiger partial charge in [-0.1, -0.05) is 0 Å². The van der Waals surface area contributed by atoms with E-state index >= 15 is 0 Å². The second kappa shape index (κ2) is 5.96. The van der Waals surface area contributed by atoms with E-state index in [1.54, 1.807) is 12.4 Å². The lowest BCUT2D eigenvalue weighted by molar-refractivity contribution is -0.131. The fourth-order valence-electron chi connectivity index (χ4n) is 6.45. The number of rotatable bonds is 3. The molecular formula is C20H28N4O. The molecule has 25 heavy (non-hydrogen) atoms. The average molecular weight is 340 g/mol. The van der Waals surface area contributed by atoms with Crippen molar-refractivity contribution in [2.45, 2.75) is 56.9 Å². The zero-order valence-corrected chi connectivity index (χ0v) is 14.9. The first-order chi connectivity index (χ1) is 12.2. The second-order valence-corrected chi connectivity index (χ2v) is 9.02. The number of piperidine rings is 1. The Morgan fingerprint density at radius 1 is 1.08 bits per heavy atom. The minimum absolute atomic E-state index is 0.0746. The molecule has 4 saturated carbocycles. The van der Waals surface area contributed by atoms with E-state index in [4.69, 9.17) is 0 Å². The van der Waals surface area contributed by atoms with E-state index < -0.39 is 0 Å². The molecule has 5 aliphatic rings. The molecule has 0 aromatic carbocycles. The van der Waals surface area contributed by atoms with Crippen molar-refractivity contribution in [3.8, 4) is 0 Å². The molecule has 1 aromatic rings. The van der Waals surface area contributed by atoms with Gasteiger partial charge in [-0.25, -0.2) is 9.97 Å². The molecule has 0 spiro atoms. The summed E-state index contributed by atoms with van der Waals surface area (Å²) in [5, 5.41) is 3.56. The van der Waals surface area contributed by atoms with E-state index in [1.165, 1.54) is 38.5 Å². The van der Waals surface area contributed by atoms with Crippen molar-refractivity contribution in [1.82, 2.24) is 15.3 Å². The van der Waals surface area contributed by atoms with Crippen molar-refractivity contribution in [1.29, 1.82) is 0 Å². The van der Waals surface area contributed by atoms with E-state index in [-0.39, 0.29) is 17.4 Å². The Morgan fingerprint density at radius 3 is 2.36 bits per heavy atom. The summed E-state index contributed by atoms with van der Waals surface area (Å²) in [6, 6.07) is 1.84. The van der Waals surface area contributed by atoms with Crippen molar-refractivity contribution < 1.29 is 4.79 Å². The number of carbonyl (C=O) groups excluding carboxylic acids is 1. The Hall–Kier alpha value is -1.65. The van der Waals surface area contributed by atoms with Gasteiger partial charge in [0.2, 0.25) is 11.9 Å². The summed E-state index contributed by atoms with van der Waals surface area (Å²) >= 11 is 0. The maximum absolute atomic E-state index is 13.1. The van der Waals surface area contributed by atoms with Gasteiger partial charge in [-0.3, -0.25) is 4.79 Å². The van der Waals surface area contributed by atoms with Gasteiger partial charge in [0, 0.05) is 31.0 Å². The Morgan fingerprint density at radius 2 is 1.72 bits per heavy atom. The number of amides is 1. The quantitative estimate of drug-likeness (QED) is 0.919. The van der Waals surface area contributed by atoms with Gasteiger partial charge < -0.3 is 10.2 Å². The Balaban J connectivity index is 1.27. The fraction of sp³-hybridized carbons (Fsp3) is 0.750. The lowest BCUT2D eigenvalue weighted by atomic mass is 9.53. The predicted molar refractivity (Wildman–Crippen MR) is 96.0 cm³/mol. The highest BCUT2D eigenvalue weighted by Crippen LogP contribution is 2.55. The molecule has 134 valence electrons. The van der Waals surface area contributed by atoms with Crippen LogP contribution in [0.3, 0.4) is 0 Å². The van der Waals surface area contributed by atoms with E-state index in [0.717, 1.165) is 49.6 Å². The van der Waals surface area contributed by atoms with Crippen LogP contribution in [-0.2, 0) is 4.79 Å². The number of aromatic nitrogens is 2. The molecule has 5 nitrogen and oxygen atoms in total. The Labute approximate surface area is 149 Å². The number of hydrogen-bond acceptors (Lipinski definition) is 4. The third-order valence-electron chi connectivity index (χ3n) is 7.05. The third-order valence-corrected chi connectivity index (χ3v) is 7.05. The molecule has 1 aromatic heterocycles. The fourth-order valence-corrected chi connectivity index (χ4v) is 6.45. The first kappa shape index (κ1) is 15.6. The van der Waals surface area contributed by atoms with Crippen molar-refractivity contribution in [3.63, 3.8) is 0 Å². The standard InChI is InChI=1S/C20H28N4O/c25-18(17-3-1-6-24(13-17)19-21-4-2-5-22-19)23-20-10-14-7-15(11-20)9-16(8-14)12-20/h2,4-5,14-17H,1,3,6-13H2,(H,23,25). The van der Waals surface area contributed by atoms with Crippen LogP contribution in [0.4, 0.5) is 5.95 Å². The summed E-state index contributed by atoms with van der Waals surface area (Å²) in [6.45, 7) is 1.70. The third kappa shape index (κ3) is 2.91. The number of nitrogens with zero attached hydrogens (tertiary/aromatic N) is 3. The predicted octanol–water partition coefficient (Wildman–Crippen LogP) is 2.78. The molecule has 6 rings (SSSR count). The maximum Gasteiger partial charge on any atom is 0.225 e. The van der Waals surface area contributed by atoms with Gasteiger partial charge in [-0.2, -0.15) is 0 Å². The Bertz CT molecular complexity index is 611. The van der Waals surface area contributed by atoms with Gasteiger partial charge in [0.1, 0.15) is 0 Å². The van der Waals surface area contributed by atoms with E-state index in [9.17, 15) is 4.79 Å². The molecule has 5 heteroatoms. The van der Waals surface area contributed by atoms with Crippen LogP contribution in [0.25, 0.3) is 0 Å². The lowest BCUT2D eigenvalue weighted by Gasteiger charge is -2.57. The van der Waals surface area contributed by atoms with E-state index in [2.05, 4.69) is 20.2 Å². The highest BCUT2D eigenvalue weighted by atomic mass is 16.2. The minimum Gasteiger partial charge on any atom is -0.350 e. The van der Waals surface area contributed by atoms with Gasteiger partial charge in [0.15, 0.2) is 0 Å². The zero-order valence-electron chi connectivity index (χ0n) is 14.9. The monoisotopic (exact) mass is 340 g/mol. The minimum atomic E-state index is 0.0746. The highest BCUT2D eigenvalue weighted by molar-refractivity contribution is 5.80. The molecule has 4 aliphatic carbocycles. The normalized spacial score (nSPS) is 39.4. The van der Waals surface area contributed by atoms with Crippen LogP contribution in [-0.4, -0.2) is 34.5 Å². The molecular weight excluding hydrogens is 312 g/mol. The first-order valence-corrected chi connectivity index (χ1v) is 10.0. The van der Waals surface area contributed by atoms with Gasteiger partial charge in [0.25, 0.3) is 0 Å². The topological polar surface area (TPSA) is 58.1 Å². The van der Waals surface area contributed by atoms with E-state index in [1.807, 2.05) is 6.07 Å². The number of anilines is 1. The van der Waals surface area contributed by atoms with Crippen LogP contribution >= 0.6 is 0 Å². The summed E-state index contributed by atoms with van der Waals surface area (Å²) in [4.78, 5) is 24.0. The summed E-state index contributed by atoms with van der Waals surface area (Å²) in [6.07, 6.45) is 13.5. The summed E-state index contributed by atoms with van der Waals surface area (Å²) in [5.74, 6) is 3.72. The van der Waals surface area contributed by atoms with Gasteiger partial charge >= 0.3 is 0 Å².